The molecule has 2 rings (SSSR count). The van der Waals surface area contributed by atoms with Crippen LogP contribution in [0.1, 0.15) is 20.3 Å². The lowest BCUT2D eigenvalue weighted by molar-refractivity contribution is -0.145. The number of hydrogen-bond donors (Lipinski definition) is 2. The van der Waals surface area contributed by atoms with Crippen molar-refractivity contribution in [2.75, 3.05) is 26.7 Å². The summed E-state index contributed by atoms with van der Waals surface area (Å²) in [6, 6.07) is -1.55. The zero-order valence-electron chi connectivity index (χ0n) is 12.4. The van der Waals surface area contributed by atoms with Crippen LogP contribution in [0, 0.1) is 0 Å². The molecule has 2 aliphatic heterocycles. The average molecular weight is 299 g/mol. The van der Waals surface area contributed by atoms with Gasteiger partial charge in [-0.3, -0.25) is 4.79 Å². The van der Waals surface area contributed by atoms with Crippen LogP contribution in [0.25, 0.3) is 0 Å². The summed E-state index contributed by atoms with van der Waals surface area (Å²) >= 11 is 0. The molecule has 0 aromatic carbocycles. The molecule has 1 unspecified atom stereocenters. The third-order valence-corrected chi connectivity index (χ3v) is 4.24. The third kappa shape index (κ3) is 2.55. The Balaban J connectivity index is 2.23. The Morgan fingerprint density at radius 1 is 1.29 bits per heavy atom. The fraction of sp³-hybridized carbons (Fsp3) is 0.769. The molecule has 8 nitrogen and oxygen atoms in total. The fourth-order valence-electron chi connectivity index (χ4n) is 2.96. The largest absolute Gasteiger partial charge is 0.480 e. The summed E-state index contributed by atoms with van der Waals surface area (Å²) < 4.78 is 0. The lowest BCUT2D eigenvalue weighted by atomic mass is 9.98. The molecule has 0 radical (unpaired) electrons. The Hall–Kier alpha value is -1.83. The number of aliphatic hydroxyl groups is 1. The second-order valence-electron chi connectivity index (χ2n) is 6.12. The predicted molar refractivity (Wildman–Crippen MR) is 72.6 cm³/mol. The quantitative estimate of drug-likeness (QED) is 0.658. The van der Waals surface area contributed by atoms with Crippen molar-refractivity contribution in [1.29, 1.82) is 0 Å². The smallest absolute Gasteiger partial charge is 0.326 e. The molecule has 21 heavy (non-hydrogen) atoms. The van der Waals surface area contributed by atoms with E-state index in [0.717, 1.165) is 4.90 Å². The Morgan fingerprint density at radius 3 is 2.48 bits per heavy atom. The molecule has 2 N–H and O–H groups in total. The first kappa shape index (κ1) is 15.6. The van der Waals surface area contributed by atoms with E-state index >= 15 is 0 Å². The van der Waals surface area contributed by atoms with Crippen LogP contribution in [-0.2, 0) is 9.59 Å². The number of nitrogens with zero attached hydrogens (tertiary/aromatic N) is 3. The summed E-state index contributed by atoms with van der Waals surface area (Å²) in [5, 5.41) is 18.8. The van der Waals surface area contributed by atoms with Gasteiger partial charge in [-0.15, -0.1) is 0 Å². The van der Waals surface area contributed by atoms with Crippen molar-refractivity contribution in [3.8, 4) is 0 Å². The van der Waals surface area contributed by atoms with E-state index in [4.69, 9.17) is 0 Å². The summed E-state index contributed by atoms with van der Waals surface area (Å²) in [5.41, 5.74) is -1.03. The maximum Gasteiger partial charge on any atom is 0.326 e. The first-order valence-corrected chi connectivity index (χ1v) is 6.91. The van der Waals surface area contributed by atoms with Gasteiger partial charge < -0.3 is 24.9 Å². The Kier molecular flexibility index (Phi) is 3.83. The summed E-state index contributed by atoms with van der Waals surface area (Å²) in [6.07, 6.45) is -0.829. The summed E-state index contributed by atoms with van der Waals surface area (Å²) in [7, 11) is 1.67. The standard InChI is InChI=1S/C13H21N3O5/c1-13(2)11(20)14(3)4-5-16(13)12(21)15-7-8(17)6-9(15)10(18)19/h8-9,17H,4-7H2,1-3H3,(H,18,19)/t8?,9-/m0/s1. The van der Waals surface area contributed by atoms with Crippen LogP contribution in [0.5, 0.6) is 0 Å². The van der Waals surface area contributed by atoms with E-state index in [-0.39, 0.29) is 18.9 Å². The van der Waals surface area contributed by atoms with E-state index < -0.39 is 29.7 Å². The van der Waals surface area contributed by atoms with Gasteiger partial charge in [0.2, 0.25) is 5.91 Å². The van der Waals surface area contributed by atoms with Gasteiger partial charge in [0.05, 0.1) is 6.10 Å². The number of rotatable bonds is 1. The molecule has 2 atom stereocenters. The molecule has 2 heterocycles. The topological polar surface area (TPSA) is 101 Å². The monoisotopic (exact) mass is 299 g/mol. The summed E-state index contributed by atoms with van der Waals surface area (Å²) in [4.78, 5) is 40.2. The number of carbonyl (C=O) groups excluding carboxylic acids is 2. The van der Waals surface area contributed by atoms with Gasteiger partial charge in [-0.1, -0.05) is 0 Å². The van der Waals surface area contributed by atoms with Crippen LogP contribution >= 0.6 is 0 Å². The van der Waals surface area contributed by atoms with Crippen molar-refractivity contribution >= 4 is 17.9 Å². The molecule has 0 aliphatic carbocycles. The minimum atomic E-state index is -1.14. The SMILES string of the molecule is CN1CCN(C(=O)N2CC(O)C[C@H]2C(=O)O)C(C)(C)C1=O. The molecule has 0 saturated carbocycles. The predicted octanol–water partition coefficient (Wildman–Crippen LogP) is -0.821. The molecular formula is C13H21N3O5. The summed E-state index contributed by atoms with van der Waals surface area (Å²) in [6.45, 7) is 4.01. The van der Waals surface area contributed by atoms with E-state index in [1.54, 1.807) is 25.8 Å². The number of piperazine rings is 1. The molecule has 0 bridgehead atoms. The molecule has 0 aromatic rings. The van der Waals surface area contributed by atoms with Gasteiger partial charge in [-0.2, -0.15) is 0 Å². The molecule has 118 valence electrons. The number of β-amino-alcohol motifs (C(OH)–C–C–N with tert-alkyl or cyclic N) is 1. The van der Waals surface area contributed by atoms with Gasteiger partial charge in [0.15, 0.2) is 0 Å². The molecule has 0 aromatic heterocycles. The number of amides is 3. The Bertz CT molecular complexity index is 478. The zero-order valence-corrected chi connectivity index (χ0v) is 12.4. The number of aliphatic hydroxyl groups excluding tert-OH is 1. The van der Waals surface area contributed by atoms with Crippen molar-refractivity contribution in [3.63, 3.8) is 0 Å². The summed E-state index contributed by atoms with van der Waals surface area (Å²) in [5.74, 6) is -1.33. The van der Waals surface area contributed by atoms with Gasteiger partial charge in [0, 0.05) is 33.1 Å². The van der Waals surface area contributed by atoms with Crippen LogP contribution < -0.4 is 0 Å². The van der Waals surface area contributed by atoms with E-state index in [0.29, 0.717) is 13.1 Å². The normalized spacial score (nSPS) is 29.0. The molecule has 8 heteroatoms. The number of carbonyl (C=O) groups is 3. The first-order chi connectivity index (χ1) is 9.66. The number of carboxylic acids is 1. The van der Waals surface area contributed by atoms with Crippen molar-refractivity contribution in [1.82, 2.24) is 14.7 Å². The van der Waals surface area contributed by atoms with E-state index in [1.807, 2.05) is 0 Å². The van der Waals surface area contributed by atoms with Crippen molar-refractivity contribution in [3.05, 3.63) is 0 Å². The molecular weight excluding hydrogens is 278 g/mol. The van der Waals surface area contributed by atoms with Gasteiger partial charge in [-0.25, -0.2) is 9.59 Å². The van der Waals surface area contributed by atoms with E-state index in [2.05, 4.69) is 0 Å². The molecule has 0 spiro atoms. The maximum absolute atomic E-state index is 12.6. The number of hydrogen-bond acceptors (Lipinski definition) is 4. The third-order valence-electron chi connectivity index (χ3n) is 4.24. The molecule has 2 aliphatic rings. The van der Waals surface area contributed by atoms with E-state index in [1.165, 1.54) is 4.90 Å². The van der Waals surface area contributed by atoms with Crippen LogP contribution in [-0.4, -0.2) is 87.2 Å². The highest BCUT2D eigenvalue weighted by Crippen LogP contribution is 2.27. The second-order valence-corrected chi connectivity index (χ2v) is 6.12. The van der Waals surface area contributed by atoms with Crippen molar-refractivity contribution in [2.24, 2.45) is 0 Å². The minimum Gasteiger partial charge on any atom is -0.480 e. The molecule has 3 amide bonds. The molecule has 2 saturated heterocycles. The second kappa shape index (κ2) is 5.18. The Morgan fingerprint density at radius 2 is 1.90 bits per heavy atom. The van der Waals surface area contributed by atoms with Gasteiger partial charge >= 0.3 is 12.0 Å². The highest BCUT2D eigenvalue weighted by atomic mass is 16.4. The number of likely N-dealkylation sites (tertiary alicyclic amines) is 1. The number of likely N-dealkylation sites (N-methyl/N-ethyl adjacent to an activating group) is 1. The molecule has 2 fully saturated rings. The minimum absolute atomic E-state index is 0.0171. The maximum atomic E-state index is 12.6. The number of urea groups is 1. The van der Waals surface area contributed by atoms with E-state index in [9.17, 15) is 24.6 Å². The number of carboxylic acid groups (broad SMARTS) is 1. The highest BCUT2D eigenvalue weighted by Gasteiger charge is 2.48. The van der Waals surface area contributed by atoms with Gasteiger partial charge in [0.1, 0.15) is 11.6 Å². The van der Waals surface area contributed by atoms with Crippen LogP contribution in [0.15, 0.2) is 0 Å². The van der Waals surface area contributed by atoms with Crippen LogP contribution in [0.3, 0.4) is 0 Å². The number of aliphatic carboxylic acids is 1. The van der Waals surface area contributed by atoms with Crippen molar-refractivity contribution in [2.45, 2.75) is 38.0 Å². The lowest BCUT2D eigenvalue weighted by Gasteiger charge is -2.46. The van der Waals surface area contributed by atoms with Crippen molar-refractivity contribution < 1.29 is 24.6 Å². The van der Waals surface area contributed by atoms with Gasteiger partial charge in [0.25, 0.3) is 0 Å². The highest BCUT2D eigenvalue weighted by molar-refractivity contribution is 5.92. The average Bonchev–Trinajstić information content (AvgIpc) is 2.78. The van der Waals surface area contributed by atoms with Crippen LogP contribution in [0.4, 0.5) is 4.79 Å². The Labute approximate surface area is 122 Å². The fourth-order valence-corrected chi connectivity index (χ4v) is 2.96. The first-order valence-electron chi connectivity index (χ1n) is 6.91. The zero-order chi connectivity index (χ0) is 15.9. The van der Waals surface area contributed by atoms with Gasteiger partial charge in [-0.05, 0) is 13.8 Å². The lowest BCUT2D eigenvalue weighted by Crippen LogP contribution is -2.66. The van der Waals surface area contributed by atoms with Crippen LogP contribution in [0.2, 0.25) is 0 Å².